The Morgan fingerprint density at radius 2 is 1.95 bits per heavy atom. The second-order valence-electron chi connectivity index (χ2n) is 4.48. The maximum absolute atomic E-state index is 14.1. The van der Waals surface area contributed by atoms with Crippen LogP contribution < -0.4 is 0 Å². The molecule has 0 saturated heterocycles. The Kier molecular flexibility index (Phi) is 3.56. The van der Waals surface area contributed by atoms with Crippen LogP contribution in [-0.4, -0.2) is 31.7 Å². The van der Waals surface area contributed by atoms with Gasteiger partial charge in [-0.3, -0.25) is 0 Å². The van der Waals surface area contributed by atoms with Crippen LogP contribution in [0.15, 0.2) is 36.4 Å². The Morgan fingerprint density at radius 1 is 1.18 bits per heavy atom. The number of halogens is 2. The fourth-order valence-electron chi connectivity index (χ4n) is 2.05. The van der Waals surface area contributed by atoms with Crippen molar-refractivity contribution in [1.82, 2.24) is 20.6 Å². The Morgan fingerprint density at radius 3 is 2.59 bits per heavy atom. The van der Waals surface area contributed by atoms with Crippen LogP contribution in [0.2, 0.25) is 5.02 Å². The van der Waals surface area contributed by atoms with Gasteiger partial charge in [0.2, 0.25) is 0 Å². The van der Waals surface area contributed by atoms with Crippen LogP contribution in [0.5, 0.6) is 0 Å². The normalized spacial score (nSPS) is 10.6. The number of tetrazole rings is 1. The Bertz CT molecular complexity index is 852. The highest BCUT2D eigenvalue weighted by Crippen LogP contribution is 2.29. The third-order valence-electron chi connectivity index (χ3n) is 3.04. The van der Waals surface area contributed by atoms with Crippen molar-refractivity contribution in [2.75, 3.05) is 0 Å². The predicted molar refractivity (Wildman–Crippen MR) is 77.0 cm³/mol. The molecule has 0 saturated carbocycles. The molecule has 22 heavy (non-hydrogen) atoms. The van der Waals surface area contributed by atoms with E-state index in [1.165, 1.54) is 30.3 Å². The first kappa shape index (κ1) is 14.2. The van der Waals surface area contributed by atoms with Crippen molar-refractivity contribution < 1.29 is 14.3 Å². The van der Waals surface area contributed by atoms with Crippen molar-refractivity contribution in [3.05, 3.63) is 52.8 Å². The molecule has 3 rings (SSSR count). The van der Waals surface area contributed by atoms with Crippen LogP contribution in [0.3, 0.4) is 0 Å². The van der Waals surface area contributed by atoms with Gasteiger partial charge >= 0.3 is 5.97 Å². The molecule has 110 valence electrons. The highest BCUT2D eigenvalue weighted by atomic mass is 35.5. The molecule has 2 aromatic carbocycles. The van der Waals surface area contributed by atoms with E-state index in [1.807, 2.05) is 0 Å². The molecule has 0 aliphatic heterocycles. The van der Waals surface area contributed by atoms with Crippen molar-refractivity contribution in [2.45, 2.75) is 0 Å². The number of carbonyl (C=O) groups is 1. The average Bonchev–Trinajstić information content (AvgIpc) is 3.01. The molecule has 1 aromatic heterocycles. The lowest BCUT2D eigenvalue weighted by Gasteiger charge is -2.08. The number of carboxylic acids is 1. The zero-order valence-electron chi connectivity index (χ0n) is 10.9. The number of aromatic amines is 1. The number of aromatic carboxylic acids is 1. The van der Waals surface area contributed by atoms with Gasteiger partial charge in [0.15, 0.2) is 5.82 Å². The van der Waals surface area contributed by atoms with E-state index in [4.69, 9.17) is 11.6 Å². The minimum Gasteiger partial charge on any atom is -0.478 e. The maximum atomic E-state index is 14.1. The molecule has 6 nitrogen and oxygen atoms in total. The van der Waals surface area contributed by atoms with Gasteiger partial charge in [0, 0.05) is 16.1 Å². The van der Waals surface area contributed by atoms with E-state index in [1.54, 1.807) is 6.07 Å². The zero-order chi connectivity index (χ0) is 15.7. The molecule has 8 heteroatoms. The summed E-state index contributed by atoms with van der Waals surface area (Å²) in [6, 6.07) is 8.56. The van der Waals surface area contributed by atoms with Crippen molar-refractivity contribution >= 4 is 17.6 Å². The zero-order valence-corrected chi connectivity index (χ0v) is 11.7. The van der Waals surface area contributed by atoms with Crippen molar-refractivity contribution in [1.29, 1.82) is 0 Å². The minimum absolute atomic E-state index is 0.00162. The minimum atomic E-state index is -1.13. The van der Waals surface area contributed by atoms with Crippen LogP contribution >= 0.6 is 11.6 Å². The summed E-state index contributed by atoms with van der Waals surface area (Å²) in [5.74, 6) is -1.39. The lowest BCUT2D eigenvalue weighted by Crippen LogP contribution is -1.98. The van der Waals surface area contributed by atoms with Gasteiger partial charge in [-0.1, -0.05) is 11.6 Å². The first-order valence-electron chi connectivity index (χ1n) is 6.12. The first-order valence-corrected chi connectivity index (χ1v) is 6.50. The molecule has 0 amide bonds. The second-order valence-corrected chi connectivity index (χ2v) is 4.91. The molecule has 1 heterocycles. The number of nitrogens with one attached hydrogen (secondary N) is 1. The molecule has 0 radical (unpaired) electrons. The molecule has 0 aliphatic carbocycles. The van der Waals surface area contributed by atoms with E-state index in [2.05, 4.69) is 20.6 Å². The molecule has 0 unspecified atom stereocenters. The van der Waals surface area contributed by atoms with Gasteiger partial charge < -0.3 is 5.11 Å². The Balaban J connectivity index is 2.20. The number of hydrogen-bond acceptors (Lipinski definition) is 4. The quantitative estimate of drug-likeness (QED) is 0.774. The highest BCUT2D eigenvalue weighted by Gasteiger charge is 2.14. The summed E-state index contributed by atoms with van der Waals surface area (Å²) in [5.41, 5.74) is 1.06. The smallest absolute Gasteiger partial charge is 0.335 e. The number of carboxylic acid groups (broad SMARTS) is 1. The second kappa shape index (κ2) is 5.53. The van der Waals surface area contributed by atoms with Crippen molar-refractivity contribution in [2.24, 2.45) is 0 Å². The summed E-state index contributed by atoms with van der Waals surface area (Å²) in [4.78, 5) is 11.3. The summed E-state index contributed by atoms with van der Waals surface area (Å²) in [5, 5.41) is 22.6. The van der Waals surface area contributed by atoms with Crippen LogP contribution in [0.25, 0.3) is 22.5 Å². The van der Waals surface area contributed by atoms with E-state index in [9.17, 15) is 14.3 Å². The van der Waals surface area contributed by atoms with Crippen LogP contribution in [0.4, 0.5) is 4.39 Å². The average molecular weight is 319 g/mol. The molecule has 2 N–H and O–H groups in total. The van der Waals surface area contributed by atoms with Gasteiger partial charge in [0.05, 0.1) is 5.56 Å². The number of aromatic nitrogens is 4. The summed E-state index contributed by atoms with van der Waals surface area (Å²) in [7, 11) is 0. The number of H-pyrrole nitrogens is 1. The SMILES string of the molecule is O=C(O)c1cc(-c2nnn[nH]2)cc(-c2ccc(Cl)cc2F)c1. The summed E-state index contributed by atoms with van der Waals surface area (Å²) in [6.45, 7) is 0. The van der Waals surface area contributed by atoms with E-state index in [-0.39, 0.29) is 16.1 Å². The molecular weight excluding hydrogens is 311 g/mol. The highest BCUT2D eigenvalue weighted by molar-refractivity contribution is 6.30. The standard InChI is InChI=1S/C14H8ClFN4O2/c15-10-1-2-11(12(16)6-10)7-3-8(13-17-19-20-18-13)5-9(4-7)14(21)22/h1-6H,(H,21,22)(H,17,18,19,20). The lowest BCUT2D eigenvalue weighted by molar-refractivity contribution is 0.0697. The molecule has 0 aliphatic rings. The van der Waals surface area contributed by atoms with Gasteiger partial charge in [0.1, 0.15) is 5.82 Å². The van der Waals surface area contributed by atoms with Crippen molar-refractivity contribution in [3.8, 4) is 22.5 Å². The number of hydrogen-bond donors (Lipinski definition) is 2. The van der Waals surface area contributed by atoms with E-state index in [0.29, 0.717) is 17.0 Å². The summed E-state index contributed by atoms with van der Waals surface area (Å²) < 4.78 is 14.1. The molecule has 0 atom stereocenters. The van der Waals surface area contributed by atoms with Gasteiger partial charge in [-0.2, -0.15) is 0 Å². The van der Waals surface area contributed by atoms with Crippen LogP contribution in [0, 0.1) is 5.82 Å². The number of rotatable bonds is 3. The van der Waals surface area contributed by atoms with Crippen LogP contribution in [0.1, 0.15) is 10.4 Å². The molecule has 0 bridgehead atoms. The Labute approximate surface area is 128 Å². The van der Waals surface area contributed by atoms with E-state index < -0.39 is 11.8 Å². The maximum Gasteiger partial charge on any atom is 0.335 e. The third-order valence-corrected chi connectivity index (χ3v) is 3.28. The summed E-state index contributed by atoms with van der Waals surface area (Å²) in [6.07, 6.45) is 0. The topological polar surface area (TPSA) is 91.8 Å². The van der Waals surface area contributed by atoms with Crippen molar-refractivity contribution in [3.63, 3.8) is 0 Å². The molecular formula is C14H8ClFN4O2. The van der Waals surface area contributed by atoms with E-state index >= 15 is 0 Å². The molecule has 0 fully saturated rings. The monoisotopic (exact) mass is 318 g/mol. The number of benzene rings is 2. The largest absolute Gasteiger partial charge is 0.478 e. The lowest BCUT2D eigenvalue weighted by atomic mass is 9.99. The number of nitrogens with zero attached hydrogens (tertiary/aromatic N) is 3. The molecule has 0 spiro atoms. The summed E-state index contributed by atoms with van der Waals surface area (Å²) >= 11 is 5.73. The van der Waals surface area contributed by atoms with Gasteiger partial charge in [0.25, 0.3) is 0 Å². The fraction of sp³-hybridized carbons (Fsp3) is 0. The third kappa shape index (κ3) is 2.66. The Hall–Kier alpha value is -2.80. The van der Waals surface area contributed by atoms with Gasteiger partial charge in [-0.15, -0.1) is 5.10 Å². The van der Waals surface area contributed by atoms with Crippen LogP contribution in [-0.2, 0) is 0 Å². The fourth-order valence-corrected chi connectivity index (χ4v) is 2.21. The van der Waals surface area contributed by atoms with E-state index in [0.717, 1.165) is 0 Å². The first-order chi connectivity index (χ1) is 10.5. The molecule has 3 aromatic rings. The predicted octanol–water partition coefficient (Wildman–Crippen LogP) is 3.02. The van der Waals surface area contributed by atoms with Gasteiger partial charge in [-0.05, 0) is 52.4 Å². The van der Waals surface area contributed by atoms with Gasteiger partial charge in [-0.25, -0.2) is 14.3 Å².